The van der Waals surface area contributed by atoms with E-state index in [4.69, 9.17) is 11.6 Å². The van der Waals surface area contributed by atoms with Crippen molar-refractivity contribution in [2.75, 3.05) is 4.90 Å². The number of hydrogen-bond acceptors (Lipinski definition) is 3. The van der Waals surface area contributed by atoms with E-state index in [1.807, 2.05) is 50.2 Å². The lowest BCUT2D eigenvalue weighted by atomic mass is 9.88. The second-order valence-electron chi connectivity index (χ2n) is 5.85. The lowest BCUT2D eigenvalue weighted by molar-refractivity contribution is -0.0364. The summed E-state index contributed by atoms with van der Waals surface area (Å²) in [6, 6.07) is 14.8. The van der Waals surface area contributed by atoms with Crippen molar-refractivity contribution in [3.05, 3.63) is 64.7 Å². The summed E-state index contributed by atoms with van der Waals surface area (Å²) in [4.78, 5) is 1.68. The first-order valence-corrected chi connectivity index (χ1v) is 7.92. The van der Waals surface area contributed by atoms with Gasteiger partial charge in [-0.05, 0) is 30.7 Å². The van der Waals surface area contributed by atoms with Crippen LogP contribution in [-0.4, -0.2) is 10.2 Å². The van der Waals surface area contributed by atoms with Crippen molar-refractivity contribution < 1.29 is 10.2 Å². The Balaban J connectivity index is 2.22. The maximum Gasteiger partial charge on any atom is 0.169 e. The van der Waals surface area contributed by atoms with Gasteiger partial charge in [0.15, 0.2) is 12.0 Å². The second kappa shape index (κ2) is 5.58. The lowest BCUT2D eigenvalue weighted by Crippen LogP contribution is -2.47. The van der Waals surface area contributed by atoms with E-state index >= 15 is 0 Å². The van der Waals surface area contributed by atoms with Crippen molar-refractivity contribution in [1.82, 2.24) is 0 Å². The predicted molar refractivity (Wildman–Crippen MR) is 88.7 cm³/mol. The van der Waals surface area contributed by atoms with Crippen LogP contribution in [0.4, 0.5) is 5.69 Å². The maximum atomic E-state index is 11.5. The third kappa shape index (κ3) is 2.12. The number of hydrogen-bond donors (Lipinski definition) is 2. The first-order chi connectivity index (χ1) is 10.5. The normalized spacial score (nSPS) is 25.1. The van der Waals surface area contributed by atoms with Crippen LogP contribution < -0.4 is 4.90 Å². The van der Waals surface area contributed by atoms with Gasteiger partial charge in [-0.1, -0.05) is 49.7 Å². The minimum atomic E-state index is -1.25. The summed E-state index contributed by atoms with van der Waals surface area (Å²) in [6.07, 6.45) is -0.135. The van der Waals surface area contributed by atoms with E-state index in [9.17, 15) is 10.2 Å². The van der Waals surface area contributed by atoms with Crippen molar-refractivity contribution >= 4 is 17.3 Å². The molecule has 3 atom stereocenters. The Labute approximate surface area is 135 Å². The first kappa shape index (κ1) is 15.3. The number of anilines is 1. The Morgan fingerprint density at radius 1 is 1.23 bits per heavy atom. The summed E-state index contributed by atoms with van der Waals surface area (Å²) in [5.74, 6) is -0.0511. The molecule has 4 heteroatoms. The predicted octanol–water partition coefficient (Wildman–Crippen LogP) is 4.04. The number of aliphatic hydroxyl groups excluding tert-OH is 1. The fourth-order valence-electron chi connectivity index (χ4n) is 3.25. The van der Waals surface area contributed by atoms with Gasteiger partial charge in [-0.15, -0.1) is 0 Å². The van der Waals surface area contributed by atoms with Gasteiger partial charge >= 0.3 is 0 Å². The fourth-order valence-corrected chi connectivity index (χ4v) is 3.43. The molecule has 3 unspecified atom stereocenters. The van der Waals surface area contributed by atoms with E-state index in [-0.39, 0.29) is 5.92 Å². The Hall–Kier alpha value is -1.55. The largest absolute Gasteiger partial charge is 0.369 e. The van der Waals surface area contributed by atoms with Crippen molar-refractivity contribution in [3.8, 4) is 0 Å². The van der Waals surface area contributed by atoms with E-state index in [2.05, 4.69) is 0 Å². The van der Waals surface area contributed by atoms with E-state index in [1.54, 1.807) is 17.0 Å². The molecule has 1 aliphatic heterocycles. The molecule has 3 rings (SSSR count). The van der Waals surface area contributed by atoms with Gasteiger partial charge in [0.25, 0.3) is 0 Å². The molecule has 1 heterocycles. The molecule has 0 radical (unpaired) electrons. The SMILES string of the molecule is CCC(C)C1(O)c2ccc(Cl)cc2C(O)N1c1ccccc1. The van der Waals surface area contributed by atoms with Crippen LogP contribution in [0.2, 0.25) is 5.02 Å². The van der Waals surface area contributed by atoms with Gasteiger partial charge in [0, 0.05) is 27.8 Å². The molecule has 0 saturated carbocycles. The molecule has 0 aliphatic carbocycles. The number of aliphatic hydroxyl groups is 2. The van der Waals surface area contributed by atoms with Crippen LogP contribution in [0, 0.1) is 5.92 Å². The Morgan fingerprint density at radius 2 is 1.91 bits per heavy atom. The highest BCUT2D eigenvalue weighted by Crippen LogP contribution is 2.51. The highest BCUT2D eigenvalue weighted by atomic mass is 35.5. The van der Waals surface area contributed by atoms with E-state index in [1.165, 1.54) is 0 Å². The highest BCUT2D eigenvalue weighted by molar-refractivity contribution is 6.30. The number of para-hydroxylation sites is 1. The Kier molecular flexibility index (Phi) is 3.89. The van der Waals surface area contributed by atoms with Crippen molar-refractivity contribution in [3.63, 3.8) is 0 Å². The Morgan fingerprint density at radius 3 is 2.55 bits per heavy atom. The zero-order valence-corrected chi connectivity index (χ0v) is 13.5. The minimum Gasteiger partial charge on any atom is -0.369 e. The lowest BCUT2D eigenvalue weighted by Gasteiger charge is -2.41. The molecule has 2 aromatic carbocycles. The average molecular weight is 318 g/mol. The van der Waals surface area contributed by atoms with Gasteiger partial charge in [0.05, 0.1) is 0 Å². The van der Waals surface area contributed by atoms with Crippen LogP contribution in [0.5, 0.6) is 0 Å². The zero-order chi connectivity index (χ0) is 15.9. The minimum absolute atomic E-state index is 0.0511. The average Bonchev–Trinajstić information content (AvgIpc) is 2.76. The molecule has 0 aromatic heterocycles. The Bertz CT molecular complexity index is 676. The molecule has 116 valence electrons. The maximum absolute atomic E-state index is 11.5. The molecule has 1 aliphatic rings. The molecule has 0 amide bonds. The molecule has 2 aromatic rings. The van der Waals surface area contributed by atoms with Gasteiger partial charge in [-0.2, -0.15) is 0 Å². The van der Waals surface area contributed by atoms with Crippen LogP contribution in [0.3, 0.4) is 0 Å². The van der Waals surface area contributed by atoms with Gasteiger partial charge in [0.1, 0.15) is 0 Å². The van der Waals surface area contributed by atoms with Gasteiger partial charge in [-0.25, -0.2) is 0 Å². The fraction of sp³-hybridized carbons (Fsp3) is 0.333. The molecular formula is C18H20ClNO2. The summed E-state index contributed by atoms with van der Waals surface area (Å²) in [7, 11) is 0. The van der Waals surface area contributed by atoms with Crippen LogP contribution in [0.15, 0.2) is 48.5 Å². The quantitative estimate of drug-likeness (QED) is 0.898. The summed E-state index contributed by atoms with van der Waals surface area (Å²) < 4.78 is 0. The number of nitrogens with zero attached hydrogens (tertiary/aromatic N) is 1. The molecule has 22 heavy (non-hydrogen) atoms. The van der Waals surface area contributed by atoms with Crippen LogP contribution in [0.25, 0.3) is 0 Å². The number of rotatable bonds is 3. The first-order valence-electron chi connectivity index (χ1n) is 7.54. The molecule has 0 fully saturated rings. The molecule has 0 saturated heterocycles. The van der Waals surface area contributed by atoms with Gasteiger partial charge < -0.3 is 15.1 Å². The molecule has 3 nitrogen and oxygen atoms in total. The summed E-state index contributed by atoms with van der Waals surface area (Å²) in [5.41, 5.74) is 0.919. The van der Waals surface area contributed by atoms with Crippen molar-refractivity contribution in [2.45, 2.75) is 32.2 Å². The standard InChI is InChI=1S/C18H20ClNO2/c1-3-12(2)18(22)16-10-9-13(19)11-15(16)17(21)20(18)14-7-5-4-6-8-14/h4-12,17,21-22H,3H2,1-2H3. The summed E-state index contributed by atoms with van der Waals surface area (Å²) in [6.45, 7) is 4.03. The molecule has 0 bridgehead atoms. The second-order valence-corrected chi connectivity index (χ2v) is 6.28. The third-order valence-corrected chi connectivity index (χ3v) is 4.87. The smallest absolute Gasteiger partial charge is 0.169 e. The van der Waals surface area contributed by atoms with E-state index in [0.29, 0.717) is 10.6 Å². The highest BCUT2D eigenvalue weighted by Gasteiger charge is 2.51. The van der Waals surface area contributed by atoms with E-state index in [0.717, 1.165) is 17.7 Å². The van der Waals surface area contributed by atoms with Gasteiger partial charge in [0.2, 0.25) is 0 Å². The summed E-state index contributed by atoms with van der Waals surface area (Å²) >= 11 is 6.08. The zero-order valence-electron chi connectivity index (χ0n) is 12.7. The van der Waals surface area contributed by atoms with Crippen molar-refractivity contribution in [1.29, 1.82) is 0 Å². The monoisotopic (exact) mass is 317 g/mol. The molecule has 2 N–H and O–H groups in total. The number of fused-ring (bicyclic) bond motifs is 1. The van der Waals surface area contributed by atoms with Crippen molar-refractivity contribution in [2.24, 2.45) is 5.92 Å². The number of halogens is 1. The molecular weight excluding hydrogens is 298 g/mol. The van der Waals surface area contributed by atoms with Crippen LogP contribution in [-0.2, 0) is 5.72 Å². The molecule has 0 spiro atoms. The topological polar surface area (TPSA) is 43.7 Å². The third-order valence-electron chi connectivity index (χ3n) is 4.63. The van der Waals surface area contributed by atoms with Crippen LogP contribution in [0.1, 0.15) is 37.6 Å². The number of benzene rings is 2. The summed E-state index contributed by atoms with van der Waals surface area (Å²) in [5, 5.41) is 22.9. The van der Waals surface area contributed by atoms with Gasteiger partial charge in [-0.3, -0.25) is 0 Å². The van der Waals surface area contributed by atoms with E-state index < -0.39 is 12.0 Å². The van der Waals surface area contributed by atoms with Crippen LogP contribution >= 0.6 is 11.6 Å².